The van der Waals surface area contributed by atoms with Crippen LogP contribution in [0, 0.1) is 141 Å². The first-order valence-corrected chi connectivity index (χ1v) is 37.2. The summed E-state index contributed by atoms with van der Waals surface area (Å²) in [5, 5.41) is 0. The van der Waals surface area contributed by atoms with Crippen molar-refractivity contribution < 1.29 is 57.2 Å². The maximum Gasteiger partial charge on any atom is 0.311 e. The molecular formula is C82H140O12. The molecule has 0 aromatic rings. The van der Waals surface area contributed by atoms with Crippen molar-refractivity contribution in [2.24, 2.45) is 141 Å². The average molecular weight is 1320 g/mol. The Morgan fingerprint density at radius 2 is 0.681 bits per heavy atom. The van der Waals surface area contributed by atoms with Gasteiger partial charge in [0.25, 0.3) is 0 Å². The van der Waals surface area contributed by atoms with E-state index in [2.05, 4.69) is 34.6 Å². The van der Waals surface area contributed by atoms with Gasteiger partial charge in [-0.15, -0.1) is 0 Å². The molecule has 15 aliphatic rings. The summed E-state index contributed by atoms with van der Waals surface area (Å²) in [6.45, 7) is 22.5. The van der Waals surface area contributed by atoms with Crippen LogP contribution in [0.3, 0.4) is 0 Å². The summed E-state index contributed by atoms with van der Waals surface area (Å²) in [6.07, 6.45) is 31.6. The van der Waals surface area contributed by atoms with Gasteiger partial charge in [0.2, 0.25) is 0 Å². The summed E-state index contributed by atoms with van der Waals surface area (Å²) in [6, 6.07) is 0. The number of carbonyl (C=O) groups is 6. The highest BCUT2D eigenvalue weighted by atomic mass is 16.6. The summed E-state index contributed by atoms with van der Waals surface area (Å²) in [7, 11) is 0. The van der Waals surface area contributed by atoms with Gasteiger partial charge >= 0.3 is 35.8 Å². The molecule has 94 heavy (non-hydrogen) atoms. The average Bonchev–Trinajstić information content (AvgIpc) is 1.56. The van der Waals surface area contributed by atoms with Crippen molar-refractivity contribution in [3.05, 3.63) is 0 Å². The second kappa shape index (κ2) is 29.6. The lowest BCUT2D eigenvalue weighted by molar-refractivity contribution is -0.172. The second-order valence-corrected chi connectivity index (χ2v) is 35.0. The van der Waals surface area contributed by atoms with Crippen LogP contribution >= 0.6 is 0 Å². The number of esters is 6. The number of rotatable bonds is 16. The number of carbonyl (C=O) groups excluding carboxylic acids is 6. The zero-order valence-electron chi connectivity index (χ0n) is 56.3. The number of ether oxygens (including phenoxy) is 6. The van der Waals surface area contributed by atoms with E-state index in [1.807, 2.05) is 41.5 Å². The monoisotopic (exact) mass is 1320 g/mol. The van der Waals surface area contributed by atoms with Crippen LogP contribution in [0.5, 0.6) is 0 Å². The molecule has 0 amide bonds. The first-order chi connectivity index (χ1) is 41.9. The van der Waals surface area contributed by atoms with Crippen LogP contribution in [-0.2, 0) is 57.2 Å². The molecular weight excluding hydrogens is 1180 g/mol. The molecule has 15 fully saturated rings. The van der Waals surface area contributed by atoms with Crippen molar-refractivity contribution >= 4 is 35.8 Å². The van der Waals surface area contributed by atoms with Crippen molar-refractivity contribution in [2.75, 3.05) is 0 Å². The molecule has 0 heterocycles. The molecule has 15 aliphatic carbocycles. The summed E-state index contributed by atoms with van der Waals surface area (Å²) in [5.74, 6) is 11.4. The minimum atomic E-state index is -0.405. The van der Waals surface area contributed by atoms with Crippen LogP contribution < -0.4 is 0 Å². The third-order valence-corrected chi connectivity index (χ3v) is 29.6. The minimum Gasteiger partial charge on any atom is -0.462 e. The first kappa shape index (κ1) is 78.2. The summed E-state index contributed by atoms with van der Waals surface area (Å²) in [4.78, 5) is 77.4. The Bertz CT molecular complexity index is 2620. The highest BCUT2D eigenvalue weighted by molar-refractivity contribution is 5.78. The van der Waals surface area contributed by atoms with E-state index in [1.54, 1.807) is 0 Å². The van der Waals surface area contributed by atoms with Gasteiger partial charge < -0.3 is 28.4 Å². The lowest BCUT2D eigenvalue weighted by Gasteiger charge is -2.42. The van der Waals surface area contributed by atoms with Gasteiger partial charge in [-0.25, -0.2) is 0 Å². The largest absolute Gasteiger partial charge is 0.462 e. The van der Waals surface area contributed by atoms with E-state index in [1.165, 1.54) is 83.5 Å². The predicted molar refractivity (Wildman–Crippen MR) is 374 cm³/mol. The fourth-order valence-electron chi connectivity index (χ4n) is 24.3. The van der Waals surface area contributed by atoms with Crippen molar-refractivity contribution in [3.8, 4) is 0 Å². The van der Waals surface area contributed by atoms with Crippen LogP contribution in [0.1, 0.15) is 307 Å². The summed E-state index contributed by atoms with van der Waals surface area (Å²) >= 11 is 0. The van der Waals surface area contributed by atoms with Crippen molar-refractivity contribution in [1.29, 1.82) is 0 Å². The van der Waals surface area contributed by atoms with Crippen molar-refractivity contribution in [3.63, 3.8) is 0 Å². The topological polar surface area (TPSA) is 158 Å². The fourth-order valence-corrected chi connectivity index (χ4v) is 24.3. The Morgan fingerprint density at radius 1 is 0.383 bits per heavy atom. The summed E-state index contributed by atoms with van der Waals surface area (Å²) in [5.41, 5.74) is -1.45. The van der Waals surface area contributed by atoms with Crippen LogP contribution in [0.25, 0.3) is 0 Å². The smallest absolute Gasteiger partial charge is 0.311 e. The lowest BCUT2D eigenvalue weighted by Crippen LogP contribution is -2.44. The van der Waals surface area contributed by atoms with Gasteiger partial charge in [-0.3, -0.25) is 28.8 Å². The molecule has 12 nitrogen and oxygen atoms in total. The number of fused-ring (bicyclic) bond motifs is 27. The van der Waals surface area contributed by atoms with E-state index in [0.717, 1.165) is 120 Å². The Balaban J connectivity index is 0.000000193. The molecule has 0 saturated heterocycles. The quantitative estimate of drug-likeness (QED) is 0.0819. The standard InChI is InChI=1S/C26H40O4.2C25H38O4.6CH4/c1-5-25(3,4)24(28)29-20-14-16-13-19(20)22-17-11-15(21(16)22)12-18(17)23(27)30-26(6-2)9-7-8-10-26;1-5-24(2,3)23(27)28-19-13-15-12-18(19)21-16-10-14(20(15)21)11-17(16)22(26)29-25(4)8-6-7-9-25;1-4-14(2)23(26)28-20-13-16-12-19(20)22-17-10-15(21(16)22)11-18(17)24(27)29-25(3)8-6-5-7-9-25;;;;;;/h15-22H,5-14H2,1-4H3;14-21H,5-13H2,1-4H3;14-22H,4-13H2,1-3H3;6*1H4. The molecule has 0 aromatic carbocycles. The van der Waals surface area contributed by atoms with Crippen molar-refractivity contribution in [1.82, 2.24) is 0 Å². The molecule has 15 rings (SSSR count). The van der Waals surface area contributed by atoms with Gasteiger partial charge in [0.1, 0.15) is 35.1 Å². The molecule has 0 N–H and O–H groups in total. The molecule has 0 aliphatic heterocycles. The highest BCUT2D eigenvalue weighted by Crippen LogP contribution is 2.72. The van der Waals surface area contributed by atoms with Gasteiger partial charge in [0, 0.05) is 0 Å². The number of hydrogen-bond acceptors (Lipinski definition) is 12. The Kier molecular flexibility index (Phi) is 24.6. The molecule has 0 spiro atoms. The maximum absolute atomic E-state index is 13.3. The lowest BCUT2D eigenvalue weighted by atomic mass is 9.66. The van der Waals surface area contributed by atoms with E-state index in [-0.39, 0.29) is 139 Å². The van der Waals surface area contributed by atoms with Gasteiger partial charge in [-0.1, -0.05) is 85.6 Å². The highest BCUT2D eigenvalue weighted by Gasteiger charge is 2.70. The Hall–Kier alpha value is -3.18. The van der Waals surface area contributed by atoms with Gasteiger partial charge in [0.05, 0.1) is 34.5 Å². The molecule has 540 valence electrons. The molecule has 0 radical (unpaired) electrons. The molecule has 25 atom stereocenters. The fraction of sp³-hybridized carbons (Fsp3) is 0.927. The third-order valence-electron chi connectivity index (χ3n) is 29.6. The van der Waals surface area contributed by atoms with Gasteiger partial charge in [-0.05, 0) is 328 Å². The van der Waals surface area contributed by atoms with Crippen LogP contribution in [0.2, 0.25) is 0 Å². The SMILES string of the molecule is C.C.C.C.C.C.CCC(C)(C)C(=O)OC1CC2CC1C1C3CC(CC3C(=O)OC3(C)CCCC3)C21.CCC(C)C(=O)OC1CC2CC1C1C3CC(CC3C(=O)OC3(C)CCCCC3)C21.CCC1(OC(=O)C2CC3CC2C2C4CC(CC4OC(=O)C(C)(C)CC)C32)CCCC1. The van der Waals surface area contributed by atoms with Crippen LogP contribution in [-0.4, -0.2) is 70.9 Å². The molecule has 15 saturated carbocycles. The predicted octanol–water partition coefficient (Wildman–Crippen LogP) is 19.6. The zero-order chi connectivity index (χ0) is 62.1. The number of hydrogen-bond donors (Lipinski definition) is 0. The Morgan fingerprint density at radius 3 is 1.01 bits per heavy atom. The first-order valence-electron chi connectivity index (χ1n) is 37.2. The normalized spacial score (nSPS) is 41.3. The van der Waals surface area contributed by atoms with E-state index in [0.29, 0.717) is 88.8 Å². The van der Waals surface area contributed by atoms with Crippen molar-refractivity contribution in [2.45, 2.75) is 342 Å². The second-order valence-electron chi connectivity index (χ2n) is 35.0. The van der Waals surface area contributed by atoms with E-state index in [4.69, 9.17) is 28.4 Å². The van der Waals surface area contributed by atoms with E-state index >= 15 is 0 Å². The zero-order valence-corrected chi connectivity index (χ0v) is 56.3. The molecule has 12 heteroatoms. The maximum atomic E-state index is 13.3. The van der Waals surface area contributed by atoms with Crippen LogP contribution in [0.4, 0.5) is 0 Å². The Labute approximate surface area is 573 Å². The van der Waals surface area contributed by atoms with E-state index in [9.17, 15) is 28.8 Å². The van der Waals surface area contributed by atoms with Gasteiger partial charge in [-0.2, -0.15) is 0 Å². The van der Waals surface area contributed by atoms with E-state index < -0.39 is 10.8 Å². The van der Waals surface area contributed by atoms with Crippen LogP contribution in [0.15, 0.2) is 0 Å². The molecule has 12 bridgehead atoms. The molecule has 0 aromatic heterocycles. The van der Waals surface area contributed by atoms with Gasteiger partial charge in [0.15, 0.2) is 0 Å². The molecule has 25 unspecified atom stereocenters. The third kappa shape index (κ3) is 13.8. The summed E-state index contributed by atoms with van der Waals surface area (Å²) < 4.78 is 36.7. The minimum absolute atomic E-state index is 0.